The molecule has 0 atom stereocenters. The van der Waals surface area contributed by atoms with Crippen molar-refractivity contribution < 1.29 is 19.4 Å². The van der Waals surface area contributed by atoms with Gasteiger partial charge in [-0.15, -0.1) is 0 Å². The molecule has 72 valence electrons. The van der Waals surface area contributed by atoms with Gasteiger partial charge in [0.05, 0.1) is 5.56 Å². The number of aliphatic hydroxyl groups excluding tert-OH is 1. The topological polar surface area (TPSA) is 83.6 Å². The summed E-state index contributed by atoms with van der Waals surface area (Å²) in [5.41, 5.74) is 0.712. The van der Waals surface area contributed by atoms with Gasteiger partial charge in [-0.2, -0.15) is 0 Å². The number of carboxylic acid groups (broad SMARTS) is 1. The fraction of sp³-hybridized carbons (Fsp3) is 0.111. The summed E-state index contributed by atoms with van der Waals surface area (Å²) < 4.78 is 5.08. The number of oxazole rings is 1. The lowest BCUT2D eigenvalue weighted by Crippen LogP contribution is -1.96. The van der Waals surface area contributed by atoms with Crippen LogP contribution in [-0.2, 0) is 6.61 Å². The monoisotopic (exact) mass is 193 g/mol. The fourth-order valence-corrected chi connectivity index (χ4v) is 1.23. The van der Waals surface area contributed by atoms with Gasteiger partial charge in [0.25, 0.3) is 0 Å². The number of carboxylic acids is 1. The predicted molar refractivity (Wildman–Crippen MR) is 46.9 cm³/mol. The van der Waals surface area contributed by atoms with Gasteiger partial charge in [-0.25, -0.2) is 9.78 Å². The number of hydrogen-bond acceptors (Lipinski definition) is 4. The summed E-state index contributed by atoms with van der Waals surface area (Å²) in [4.78, 5) is 14.6. The van der Waals surface area contributed by atoms with Crippen LogP contribution in [0.1, 0.15) is 16.2 Å². The van der Waals surface area contributed by atoms with E-state index < -0.39 is 5.97 Å². The maximum absolute atomic E-state index is 10.8. The van der Waals surface area contributed by atoms with Crippen LogP contribution in [-0.4, -0.2) is 21.2 Å². The SMILES string of the molecule is O=C(O)c1cccc2oc(CO)nc12. The molecule has 0 aliphatic heterocycles. The first kappa shape index (κ1) is 8.71. The normalized spacial score (nSPS) is 10.6. The number of para-hydroxylation sites is 1. The summed E-state index contributed by atoms with van der Waals surface area (Å²) in [5, 5.41) is 17.6. The average Bonchev–Trinajstić information content (AvgIpc) is 2.59. The van der Waals surface area contributed by atoms with Crippen LogP contribution in [0.15, 0.2) is 22.6 Å². The van der Waals surface area contributed by atoms with Crippen LogP contribution >= 0.6 is 0 Å². The summed E-state index contributed by atoms with van der Waals surface area (Å²) in [7, 11) is 0. The van der Waals surface area contributed by atoms with E-state index in [-0.39, 0.29) is 23.6 Å². The molecule has 0 unspecified atom stereocenters. The zero-order valence-corrected chi connectivity index (χ0v) is 7.10. The molecule has 0 aliphatic rings. The van der Waals surface area contributed by atoms with Gasteiger partial charge in [0.1, 0.15) is 12.1 Å². The van der Waals surface area contributed by atoms with Crippen molar-refractivity contribution in [3.63, 3.8) is 0 Å². The third kappa shape index (κ3) is 1.23. The van der Waals surface area contributed by atoms with E-state index in [4.69, 9.17) is 14.6 Å². The molecule has 1 aromatic heterocycles. The standard InChI is InChI=1S/C9H7NO4/c11-4-7-10-8-5(9(12)13)2-1-3-6(8)14-7/h1-3,11H,4H2,(H,12,13). The highest BCUT2D eigenvalue weighted by molar-refractivity contribution is 6.00. The van der Waals surface area contributed by atoms with Crippen molar-refractivity contribution in [3.8, 4) is 0 Å². The van der Waals surface area contributed by atoms with Crippen LogP contribution in [0.25, 0.3) is 11.1 Å². The molecule has 0 fully saturated rings. The number of hydrogen-bond donors (Lipinski definition) is 2. The molecule has 5 heteroatoms. The lowest BCUT2D eigenvalue weighted by atomic mass is 10.2. The lowest BCUT2D eigenvalue weighted by Gasteiger charge is -1.92. The second-order valence-electron chi connectivity index (χ2n) is 2.72. The Balaban J connectivity index is 2.73. The highest BCUT2D eigenvalue weighted by atomic mass is 16.4. The minimum Gasteiger partial charge on any atom is -0.478 e. The van der Waals surface area contributed by atoms with E-state index in [1.165, 1.54) is 6.07 Å². The second-order valence-corrected chi connectivity index (χ2v) is 2.72. The van der Waals surface area contributed by atoms with E-state index in [2.05, 4.69) is 4.98 Å². The van der Waals surface area contributed by atoms with Crippen LogP contribution < -0.4 is 0 Å². The van der Waals surface area contributed by atoms with E-state index in [1.807, 2.05) is 0 Å². The van der Waals surface area contributed by atoms with Crippen molar-refractivity contribution >= 4 is 17.1 Å². The molecule has 0 bridgehead atoms. The Hall–Kier alpha value is -1.88. The molecule has 0 saturated heterocycles. The number of aromatic carboxylic acids is 1. The molecule has 0 amide bonds. The lowest BCUT2D eigenvalue weighted by molar-refractivity contribution is 0.0699. The molecule has 1 aromatic carbocycles. The quantitative estimate of drug-likeness (QED) is 0.743. The van der Waals surface area contributed by atoms with Crippen LogP contribution in [0.3, 0.4) is 0 Å². The Morgan fingerprint density at radius 1 is 1.50 bits per heavy atom. The smallest absolute Gasteiger partial charge is 0.338 e. The van der Waals surface area contributed by atoms with Crippen molar-refractivity contribution in [1.82, 2.24) is 4.98 Å². The maximum Gasteiger partial charge on any atom is 0.338 e. The predicted octanol–water partition coefficient (Wildman–Crippen LogP) is 1.02. The number of fused-ring (bicyclic) bond motifs is 1. The van der Waals surface area contributed by atoms with Crippen LogP contribution in [0.5, 0.6) is 0 Å². The molecule has 2 rings (SSSR count). The molecule has 2 N–H and O–H groups in total. The summed E-state index contributed by atoms with van der Waals surface area (Å²) in [6.07, 6.45) is 0. The maximum atomic E-state index is 10.8. The van der Waals surface area contributed by atoms with Crippen molar-refractivity contribution in [2.75, 3.05) is 0 Å². The van der Waals surface area contributed by atoms with Gasteiger partial charge in [0, 0.05) is 0 Å². The van der Waals surface area contributed by atoms with Gasteiger partial charge in [-0.05, 0) is 12.1 Å². The van der Waals surface area contributed by atoms with Crippen LogP contribution in [0, 0.1) is 0 Å². The van der Waals surface area contributed by atoms with Crippen molar-refractivity contribution in [3.05, 3.63) is 29.7 Å². The van der Waals surface area contributed by atoms with E-state index in [0.717, 1.165) is 0 Å². The zero-order valence-electron chi connectivity index (χ0n) is 7.10. The third-order valence-corrected chi connectivity index (χ3v) is 1.83. The Labute approximate surface area is 78.6 Å². The zero-order chi connectivity index (χ0) is 10.1. The van der Waals surface area contributed by atoms with Gasteiger partial charge in [-0.3, -0.25) is 0 Å². The van der Waals surface area contributed by atoms with Gasteiger partial charge in [0.2, 0.25) is 5.89 Å². The Bertz CT molecular complexity index is 489. The van der Waals surface area contributed by atoms with Gasteiger partial charge in [-0.1, -0.05) is 6.07 Å². The first-order valence-corrected chi connectivity index (χ1v) is 3.95. The summed E-state index contributed by atoms with van der Waals surface area (Å²) in [6.45, 7) is -0.340. The van der Waals surface area contributed by atoms with E-state index in [9.17, 15) is 4.79 Å². The average molecular weight is 193 g/mol. The number of aromatic nitrogens is 1. The van der Waals surface area contributed by atoms with Crippen molar-refractivity contribution in [2.24, 2.45) is 0 Å². The Kier molecular flexibility index (Phi) is 1.94. The number of benzene rings is 1. The Morgan fingerprint density at radius 3 is 2.93 bits per heavy atom. The summed E-state index contributed by atoms with van der Waals surface area (Å²) in [6, 6.07) is 4.61. The first-order chi connectivity index (χ1) is 6.72. The van der Waals surface area contributed by atoms with E-state index >= 15 is 0 Å². The van der Waals surface area contributed by atoms with Crippen LogP contribution in [0.2, 0.25) is 0 Å². The molecule has 0 spiro atoms. The van der Waals surface area contributed by atoms with Gasteiger partial charge >= 0.3 is 5.97 Å². The largest absolute Gasteiger partial charge is 0.478 e. The fourth-order valence-electron chi connectivity index (χ4n) is 1.23. The highest BCUT2D eigenvalue weighted by Crippen LogP contribution is 2.19. The molecule has 2 aromatic rings. The van der Waals surface area contributed by atoms with E-state index in [1.54, 1.807) is 12.1 Å². The first-order valence-electron chi connectivity index (χ1n) is 3.95. The van der Waals surface area contributed by atoms with Crippen LogP contribution in [0.4, 0.5) is 0 Å². The summed E-state index contributed by atoms with van der Waals surface area (Å²) >= 11 is 0. The number of aliphatic hydroxyl groups is 1. The molecule has 0 aliphatic carbocycles. The summed E-state index contributed by atoms with van der Waals surface area (Å²) in [5.74, 6) is -0.943. The molecule has 1 heterocycles. The van der Waals surface area contributed by atoms with Crippen molar-refractivity contribution in [1.29, 1.82) is 0 Å². The molecular weight excluding hydrogens is 186 g/mol. The molecular formula is C9H7NO4. The number of rotatable bonds is 2. The number of carbonyl (C=O) groups is 1. The van der Waals surface area contributed by atoms with Crippen molar-refractivity contribution in [2.45, 2.75) is 6.61 Å². The highest BCUT2D eigenvalue weighted by Gasteiger charge is 2.13. The minimum atomic E-state index is -1.06. The molecule has 0 radical (unpaired) electrons. The number of nitrogens with zero attached hydrogens (tertiary/aromatic N) is 1. The van der Waals surface area contributed by atoms with E-state index in [0.29, 0.717) is 5.58 Å². The Morgan fingerprint density at radius 2 is 2.29 bits per heavy atom. The minimum absolute atomic E-state index is 0.0750. The second kappa shape index (κ2) is 3.12. The molecule has 14 heavy (non-hydrogen) atoms. The van der Waals surface area contributed by atoms with Gasteiger partial charge in [0.15, 0.2) is 5.58 Å². The molecule has 0 saturated carbocycles. The third-order valence-electron chi connectivity index (χ3n) is 1.83. The molecule has 5 nitrogen and oxygen atoms in total. The van der Waals surface area contributed by atoms with Gasteiger partial charge < -0.3 is 14.6 Å².